The molecule has 1 aliphatic heterocycles. The lowest BCUT2D eigenvalue weighted by molar-refractivity contribution is -0.119. The van der Waals surface area contributed by atoms with Crippen molar-refractivity contribution in [3.05, 3.63) is 35.6 Å². The van der Waals surface area contributed by atoms with Crippen LogP contribution in [0.1, 0.15) is 31.2 Å². The van der Waals surface area contributed by atoms with Crippen molar-refractivity contribution in [3.8, 4) is 0 Å². The summed E-state index contributed by atoms with van der Waals surface area (Å²) in [5.74, 6) is 0.0587. The number of carbonyl (C=O) groups is 1. The van der Waals surface area contributed by atoms with E-state index < -0.39 is 0 Å². The largest absolute Gasteiger partial charge is 0.353 e. The Bertz CT molecular complexity index is 360. The normalized spacial score (nSPS) is 25.3. The number of hydrogen-bond acceptors (Lipinski definition) is 1. The molecule has 1 amide bonds. The molecule has 15 heavy (non-hydrogen) atoms. The van der Waals surface area contributed by atoms with Crippen molar-refractivity contribution in [2.45, 2.75) is 31.7 Å². The van der Waals surface area contributed by atoms with Crippen molar-refractivity contribution in [2.24, 2.45) is 0 Å². The molecule has 2 rings (SSSR count). The van der Waals surface area contributed by atoms with E-state index in [1.165, 1.54) is 12.1 Å². The molecule has 0 aliphatic carbocycles. The van der Waals surface area contributed by atoms with Gasteiger partial charge >= 0.3 is 0 Å². The van der Waals surface area contributed by atoms with Crippen LogP contribution in [0.15, 0.2) is 24.3 Å². The first-order valence-electron chi connectivity index (χ1n) is 5.25. The lowest BCUT2D eigenvalue weighted by Crippen LogP contribution is -2.27. The van der Waals surface area contributed by atoms with Crippen molar-refractivity contribution in [2.75, 3.05) is 0 Å². The van der Waals surface area contributed by atoms with E-state index in [1.807, 2.05) is 6.92 Å². The fourth-order valence-electron chi connectivity index (χ4n) is 2.16. The molecule has 0 radical (unpaired) electrons. The molecule has 1 aromatic rings. The second kappa shape index (κ2) is 4.01. The Labute approximate surface area is 88.5 Å². The standard InChI is InChI=1S/C12H14FNO/c1-2-11-10(7-12(15)14-11)8-3-5-9(13)6-4-8/h3-6,10-11H,2,7H2,1H3,(H,14,15). The van der Waals surface area contributed by atoms with E-state index in [4.69, 9.17) is 0 Å². The SMILES string of the molecule is CCC1NC(=O)CC1c1ccc(F)cc1. The summed E-state index contributed by atoms with van der Waals surface area (Å²) < 4.78 is 12.7. The van der Waals surface area contributed by atoms with E-state index in [2.05, 4.69) is 5.32 Å². The quantitative estimate of drug-likeness (QED) is 0.791. The summed E-state index contributed by atoms with van der Waals surface area (Å²) in [7, 11) is 0. The van der Waals surface area contributed by atoms with Gasteiger partial charge in [0, 0.05) is 18.4 Å². The molecule has 0 saturated carbocycles. The third kappa shape index (κ3) is 2.01. The summed E-state index contributed by atoms with van der Waals surface area (Å²) in [5, 5.41) is 2.93. The average molecular weight is 207 g/mol. The zero-order valence-electron chi connectivity index (χ0n) is 8.66. The van der Waals surface area contributed by atoms with Gasteiger partial charge in [0.2, 0.25) is 5.91 Å². The Balaban J connectivity index is 2.22. The monoisotopic (exact) mass is 207 g/mol. The van der Waals surface area contributed by atoms with Crippen molar-refractivity contribution in [3.63, 3.8) is 0 Å². The van der Waals surface area contributed by atoms with Crippen LogP contribution in [0.3, 0.4) is 0 Å². The van der Waals surface area contributed by atoms with Gasteiger partial charge in [0.15, 0.2) is 0 Å². The highest BCUT2D eigenvalue weighted by molar-refractivity contribution is 5.80. The van der Waals surface area contributed by atoms with E-state index >= 15 is 0 Å². The Hall–Kier alpha value is -1.38. The minimum atomic E-state index is -0.232. The molecule has 1 saturated heterocycles. The highest BCUT2D eigenvalue weighted by atomic mass is 19.1. The highest BCUT2D eigenvalue weighted by Crippen LogP contribution is 2.29. The van der Waals surface area contributed by atoms with Crippen LogP contribution in [0, 0.1) is 5.82 Å². The Morgan fingerprint density at radius 2 is 2.07 bits per heavy atom. The van der Waals surface area contributed by atoms with Gasteiger partial charge < -0.3 is 5.32 Å². The van der Waals surface area contributed by atoms with Crippen LogP contribution in [0.5, 0.6) is 0 Å². The molecule has 1 aromatic carbocycles. The maximum absolute atomic E-state index is 12.7. The zero-order valence-corrected chi connectivity index (χ0v) is 8.66. The molecule has 3 heteroatoms. The van der Waals surface area contributed by atoms with E-state index in [0.717, 1.165) is 12.0 Å². The molecule has 1 N–H and O–H groups in total. The molecular weight excluding hydrogens is 193 g/mol. The third-order valence-corrected chi connectivity index (χ3v) is 2.98. The number of benzene rings is 1. The molecule has 0 bridgehead atoms. The molecule has 2 unspecified atom stereocenters. The number of rotatable bonds is 2. The molecule has 1 aliphatic rings. The van der Waals surface area contributed by atoms with E-state index in [9.17, 15) is 9.18 Å². The Morgan fingerprint density at radius 1 is 1.40 bits per heavy atom. The lowest BCUT2D eigenvalue weighted by atomic mass is 9.90. The minimum Gasteiger partial charge on any atom is -0.353 e. The lowest BCUT2D eigenvalue weighted by Gasteiger charge is -2.17. The van der Waals surface area contributed by atoms with Crippen LogP contribution in [0.25, 0.3) is 0 Å². The number of halogens is 1. The molecule has 80 valence electrons. The van der Waals surface area contributed by atoms with Crippen molar-refractivity contribution in [1.82, 2.24) is 5.32 Å². The number of nitrogens with one attached hydrogen (secondary N) is 1. The molecule has 2 nitrogen and oxygen atoms in total. The van der Waals surface area contributed by atoms with Gasteiger partial charge in [0.05, 0.1) is 0 Å². The summed E-state index contributed by atoms with van der Waals surface area (Å²) >= 11 is 0. The Morgan fingerprint density at radius 3 is 2.67 bits per heavy atom. The molecule has 2 atom stereocenters. The van der Waals surface area contributed by atoms with E-state index in [-0.39, 0.29) is 23.7 Å². The summed E-state index contributed by atoms with van der Waals surface area (Å²) in [5.41, 5.74) is 1.04. The van der Waals surface area contributed by atoms with Gasteiger partial charge in [0.1, 0.15) is 5.82 Å². The van der Waals surface area contributed by atoms with Crippen molar-refractivity contribution in [1.29, 1.82) is 0 Å². The Kier molecular flexibility index (Phi) is 2.71. The number of amides is 1. The van der Waals surface area contributed by atoms with Gasteiger partial charge in [-0.15, -0.1) is 0 Å². The average Bonchev–Trinajstić information content (AvgIpc) is 2.61. The summed E-state index contributed by atoms with van der Waals surface area (Å²) in [6, 6.07) is 6.63. The second-order valence-corrected chi connectivity index (χ2v) is 3.94. The van der Waals surface area contributed by atoms with Crippen LogP contribution in [-0.4, -0.2) is 11.9 Å². The van der Waals surface area contributed by atoms with Gasteiger partial charge in [-0.1, -0.05) is 19.1 Å². The summed E-state index contributed by atoms with van der Waals surface area (Å²) in [6.07, 6.45) is 1.43. The van der Waals surface area contributed by atoms with Crippen LogP contribution in [0.2, 0.25) is 0 Å². The number of carbonyl (C=O) groups excluding carboxylic acids is 1. The maximum Gasteiger partial charge on any atom is 0.220 e. The van der Waals surface area contributed by atoms with Crippen molar-refractivity contribution >= 4 is 5.91 Å². The first-order valence-corrected chi connectivity index (χ1v) is 5.25. The van der Waals surface area contributed by atoms with Gasteiger partial charge in [-0.25, -0.2) is 4.39 Å². The predicted octanol–water partition coefficient (Wildman–Crippen LogP) is 2.21. The summed E-state index contributed by atoms with van der Waals surface area (Å²) in [6.45, 7) is 2.05. The molecular formula is C12H14FNO. The van der Waals surface area contributed by atoms with Gasteiger partial charge in [-0.3, -0.25) is 4.79 Å². The highest BCUT2D eigenvalue weighted by Gasteiger charge is 2.31. The molecule has 1 heterocycles. The fraction of sp³-hybridized carbons (Fsp3) is 0.417. The number of hydrogen-bond donors (Lipinski definition) is 1. The van der Waals surface area contributed by atoms with E-state index in [0.29, 0.717) is 6.42 Å². The van der Waals surface area contributed by atoms with E-state index in [1.54, 1.807) is 12.1 Å². The van der Waals surface area contributed by atoms with Gasteiger partial charge in [-0.2, -0.15) is 0 Å². The summed E-state index contributed by atoms with van der Waals surface area (Å²) in [4.78, 5) is 11.3. The first kappa shape index (κ1) is 10.1. The second-order valence-electron chi connectivity index (χ2n) is 3.94. The van der Waals surface area contributed by atoms with Gasteiger partial charge in [-0.05, 0) is 24.1 Å². The molecule has 1 fully saturated rings. The predicted molar refractivity (Wildman–Crippen MR) is 56.0 cm³/mol. The smallest absolute Gasteiger partial charge is 0.220 e. The molecule has 0 spiro atoms. The van der Waals surface area contributed by atoms with Crippen LogP contribution in [-0.2, 0) is 4.79 Å². The van der Waals surface area contributed by atoms with Crippen LogP contribution in [0.4, 0.5) is 4.39 Å². The molecule has 0 aromatic heterocycles. The fourth-order valence-corrected chi connectivity index (χ4v) is 2.16. The topological polar surface area (TPSA) is 29.1 Å². The van der Waals surface area contributed by atoms with Crippen molar-refractivity contribution < 1.29 is 9.18 Å². The maximum atomic E-state index is 12.7. The third-order valence-electron chi connectivity index (χ3n) is 2.98. The minimum absolute atomic E-state index is 0.0937. The zero-order chi connectivity index (χ0) is 10.8. The first-order chi connectivity index (χ1) is 7.20. The van der Waals surface area contributed by atoms with Crippen LogP contribution >= 0.6 is 0 Å². The van der Waals surface area contributed by atoms with Gasteiger partial charge in [0.25, 0.3) is 0 Å². The van der Waals surface area contributed by atoms with Crippen LogP contribution < -0.4 is 5.32 Å².